The van der Waals surface area contributed by atoms with Crippen LogP contribution in [-0.4, -0.2) is 16.1 Å². The van der Waals surface area contributed by atoms with Crippen molar-refractivity contribution >= 4 is 5.97 Å². The summed E-state index contributed by atoms with van der Waals surface area (Å²) in [5, 5.41) is 8.76. The second-order valence-electron chi connectivity index (χ2n) is 2.55. The summed E-state index contributed by atoms with van der Waals surface area (Å²) in [5.41, 5.74) is -0.0757. The van der Waals surface area contributed by atoms with Crippen LogP contribution in [0.1, 0.15) is 23.8 Å². The highest BCUT2D eigenvalue weighted by Crippen LogP contribution is 2.15. The standard InChI is InChI=1S/C10H11NO3/c1-2-3-7-14-8-5-4-6-11-9(8)10(12)13/h3-7H,2H2,1H3,(H,12,13). The highest BCUT2D eigenvalue weighted by atomic mass is 16.5. The number of aromatic nitrogens is 1. The summed E-state index contributed by atoms with van der Waals surface area (Å²) in [6.07, 6.45) is 5.50. The van der Waals surface area contributed by atoms with Crippen LogP contribution in [0.4, 0.5) is 0 Å². The molecule has 0 saturated heterocycles. The number of aromatic carboxylic acids is 1. The fourth-order valence-electron chi connectivity index (χ4n) is 0.864. The van der Waals surface area contributed by atoms with E-state index in [1.165, 1.54) is 12.5 Å². The molecule has 74 valence electrons. The topological polar surface area (TPSA) is 59.4 Å². The van der Waals surface area contributed by atoms with Crippen LogP contribution in [0, 0.1) is 0 Å². The predicted molar refractivity (Wildman–Crippen MR) is 51.3 cm³/mol. The number of pyridine rings is 1. The number of nitrogens with zero attached hydrogens (tertiary/aromatic N) is 1. The molecule has 1 aromatic rings. The van der Waals surface area contributed by atoms with Gasteiger partial charge < -0.3 is 9.84 Å². The molecule has 0 amide bonds. The van der Waals surface area contributed by atoms with Crippen LogP contribution < -0.4 is 4.74 Å². The molecule has 1 N–H and O–H groups in total. The van der Waals surface area contributed by atoms with Gasteiger partial charge in [-0.1, -0.05) is 6.92 Å². The van der Waals surface area contributed by atoms with Crippen LogP contribution in [0.25, 0.3) is 0 Å². The zero-order chi connectivity index (χ0) is 10.4. The number of ether oxygens (including phenoxy) is 1. The highest BCUT2D eigenvalue weighted by Gasteiger charge is 2.10. The maximum Gasteiger partial charge on any atom is 0.358 e. The van der Waals surface area contributed by atoms with Crippen molar-refractivity contribution in [3.8, 4) is 5.75 Å². The average Bonchev–Trinajstić information content (AvgIpc) is 2.19. The minimum absolute atomic E-state index is 0.0757. The van der Waals surface area contributed by atoms with Crippen LogP contribution in [0.2, 0.25) is 0 Å². The smallest absolute Gasteiger partial charge is 0.358 e. The third-order valence-electron chi connectivity index (χ3n) is 1.50. The molecular formula is C10H11NO3. The van der Waals surface area contributed by atoms with Gasteiger partial charge in [0.25, 0.3) is 0 Å². The molecule has 0 bridgehead atoms. The molecule has 0 atom stereocenters. The fourth-order valence-corrected chi connectivity index (χ4v) is 0.864. The van der Waals surface area contributed by atoms with Crippen LogP contribution >= 0.6 is 0 Å². The molecule has 0 fully saturated rings. The monoisotopic (exact) mass is 193 g/mol. The van der Waals surface area contributed by atoms with Crippen molar-refractivity contribution in [2.75, 3.05) is 0 Å². The molecule has 0 radical (unpaired) electrons. The number of carboxylic acid groups (broad SMARTS) is 1. The number of allylic oxidation sites excluding steroid dienone is 1. The molecule has 0 saturated carbocycles. The number of carbonyl (C=O) groups is 1. The first-order chi connectivity index (χ1) is 6.75. The Balaban J connectivity index is 2.84. The molecule has 0 aliphatic rings. The first-order valence-electron chi connectivity index (χ1n) is 4.25. The molecular weight excluding hydrogens is 182 g/mol. The van der Waals surface area contributed by atoms with Crippen LogP contribution in [-0.2, 0) is 0 Å². The fraction of sp³-hybridized carbons (Fsp3) is 0.200. The van der Waals surface area contributed by atoms with E-state index in [9.17, 15) is 4.79 Å². The van der Waals surface area contributed by atoms with Gasteiger partial charge in [0, 0.05) is 6.20 Å². The average molecular weight is 193 g/mol. The Bertz CT molecular complexity index is 347. The van der Waals surface area contributed by atoms with Crippen LogP contribution in [0.3, 0.4) is 0 Å². The van der Waals surface area contributed by atoms with Gasteiger partial charge in [-0.05, 0) is 24.6 Å². The second-order valence-corrected chi connectivity index (χ2v) is 2.55. The Labute approximate surface area is 81.9 Å². The van der Waals surface area contributed by atoms with E-state index in [0.717, 1.165) is 6.42 Å². The minimum Gasteiger partial charge on any atom is -0.476 e. The van der Waals surface area contributed by atoms with Crippen LogP contribution in [0.15, 0.2) is 30.7 Å². The SMILES string of the molecule is CCC=COc1cccnc1C(=O)O. The summed E-state index contributed by atoms with van der Waals surface area (Å²) in [5.74, 6) is -0.838. The third kappa shape index (κ3) is 2.58. The first kappa shape index (κ1) is 10.2. The van der Waals surface area contributed by atoms with Crippen molar-refractivity contribution in [2.24, 2.45) is 0 Å². The highest BCUT2D eigenvalue weighted by molar-refractivity contribution is 5.88. The molecule has 1 rings (SSSR count). The number of hydrogen-bond donors (Lipinski definition) is 1. The van der Waals surface area contributed by atoms with Gasteiger partial charge in [-0.25, -0.2) is 9.78 Å². The van der Waals surface area contributed by atoms with E-state index >= 15 is 0 Å². The summed E-state index contributed by atoms with van der Waals surface area (Å²) in [6.45, 7) is 1.96. The Morgan fingerprint density at radius 2 is 2.50 bits per heavy atom. The summed E-state index contributed by atoms with van der Waals surface area (Å²) in [6, 6.07) is 3.19. The molecule has 14 heavy (non-hydrogen) atoms. The molecule has 4 nitrogen and oxygen atoms in total. The lowest BCUT2D eigenvalue weighted by Gasteiger charge is -2.02. The predicted octanol–water partition coefficient (Wildman–Crippen LogP) is 2.08. The van der Waals surface area contributed by atoms with E-state index in [0.29, 0.717) is 0 Å². The lowest BCUT2D eigenvalue weighted by molar-refractivity contribution is 0.0687. The normalized spacial score (nSPS) is 10.4. The maximum atomic E-state index is 10.7. The van der Waals surface area contributed by atoms with Crippen molar-refractivity contribution in [1.29, 1.82) is 0 Å². The van der Waals surface area contributed by atoms with Gasteiger partial charge in [0.2, 0.25) is 0 Å². The van der Waals surface area contributed by atoms with E-state index in [1.54, 1.807) is 18.2 Å². The van der Waals surface area contributed by atoms with E-state index in [2.05, 4.69) is 4.98 Å². The Kier molecular flexibility index (Phi) is 3.67. The summed E-state index contributed by atoms with van der Waals surface area (Å²) >= 11 is 0. The van der Waals surface area contributed by atoms with Gasteiger partial charge in [0.05, 0.1) is 6.26 Å². The van der Waals surface area contributed by atoms with Gasteiger partial charge in [0.1, 0.15) is 0 Å². The zero-order valence-electron chi connectivity index (χ0n) is 7.80. The third-order valence-corrected chi connectivity index (χ3v) is 1.50. The van der Waals surface area contributed by atoms with Crippen molar-refractivity contribution in [3.05, 3.63) is 36.4 Å². The van der Waals surface area contributed by atoms with Crippen molar-refractivity contribution < 1.29 is 14.6 Å². The molecule has 1 heterocycles. The van der Waals surface area contributed by atoms with Crippen molar-refractivity contribution in [3.63, 3.8) is 0 Å². The van der Waals surface area contributed by atoms with Crippen LogP contribution in [0.5, 0.6) is 5.75 Å². The number of hydrogen-bond acceptors (Lipinski definition) is 3. The van der Waals surface area contributed by atoms with E-state index in [4.69, 9.17) is 9.84 Å². The molecule has 0 spiro atoms. The molecule has 0 aliphatic heterocycles. The minimum atomic E-state index is -1.09. The Hall–Kier alpha value is -1.84. The molecule has 4 heteroatoms. The van der Waals surface area contributed by atoms with Gasteiger partial charge in [-0.2, -0.15) is 0 Å². The zero-order valence-corrected chi connectivity index (χ0v) is 7.80. The molecule has 0 aliphatic carbocycles. The van der Waals surface area contributed by atoms with Gasteiger partial charge in [0.15, 0.2) is 11.4 Å². The number of rotatable bonds is 4. The molecule has 1 aromatic heterocycles. The van der Waals surface area contributed by atoms with Gasteiger partial charge in [-0.15, -0.1) is 0 Å². The summed E-state index contributed by atoms with van der Waals surface area (Å²) < 4.78 is 5.11. The number of carboxylic acids is 1. The quantitative estimate of drug-likeness (QED) is 0.744. The van der Waals surface area contributed by atoms with Gasteiger partial charge in [-0.3, -0.25) is 0 Å². The first-order valence-corrected chi connectivity index (χ1v) is 4.25. The Morgan fingerprint density at radius 3 is 3.14 bits per heavy atom. The maximum absolute atomic E-state index is 10.7. The van der Waals surface area contributed by atoms with Crippen molar-refractivity contribution in [2.45, 2.75) is 13.3 Å². The largest absolute Gasteiger partial charge is 0.476 e. The van der Waals surface area contributed by atoms with E-state index < -0.39 is 5.97 Å². The summed E-state index contributed by atoms with van der Waals surface area (Å²) in [7, 11) is 0. The van der Waals surface area contributed by atoms with Crippen molar-refractivity contribution in [1.82, 2.24) is 4.98 Å². The van der Waals surface area contributed by atoms with E-state index in [1.807, 2.05) is 6.92 Å². The second kappa shape index (κ2) is 5.01. The summed E-state index contributed by atoms with van der Waals surface area (Å²) in [4.78, 5) is 14.4. The van der Waals surface area contributed by atoms with Gasteiger partial charge >= 0.3 is 5.97 Å². The molecule has 0 aromatic carbocycles. The van der Waals surface area contributed by atoms with E-state index in [-0.39, 0.29) is 11.4 Å². The lowest BCUT2D eigenvalue weighted by Crippen LogP contribution is -2.02. The lowest BCUT2D eigenvalue weighted by atomic mass is 10.3. The Morgan fingerprint density at radius 1 is 1.71 bits per heavy atom. The molecule has 0 unspecified atom stereocenters.